The molecule has 0 saturated carbocycles. The van der Waals surface area contributed by atoms with E-state index in [1.54, 1.807) is 0 Å². The topological polar surface area (TPSA) is 63.4 Å². The van der Waals surface area contributed by atoms with E-state index in [4.69, 9.17) is 11.6 Å². The fourth-order valence-electron chi connectivity index (χ4n) is 1.86. The van der Waals surface area contributed by atoms with Crippen LogP contribution in [0.25, 0.3) is 0 Å². The molecule has 0 aliphatic carbocycles. The maximum absolute atomic E-state index is 13.6. The number of non-ortho nitro benzene ring substituents is 1. The van der Waals surface area contributed by atoms with Crippen molar-refractivity contribution in [3.8, 4) is 0 Å². The first-order valence-corrected chi connectivity index (χ1v) is 5.80. The number of nitro groups is 1. The molecule has 1 aliphatic heterocycles. The van der Waals surface area contributed by atoms with Gasteiger partial charge in [0.2, 0.25) is 0 Å². The molecular formula is C11H10ClFN2O3. The number of nitro benzene ring substituents is 1. The number of carbonyl (C=O) groups excluding carboxylic acids is 1. The van der Waals surface area contributed by atoms with E-state index in [2.05, 4.69) is 0 Å². The van der Waals surface area contributed by atoms with E-state index >= 15 is 0 Å². The molecule has 0 aromatic heterocycles. The molecule has 7 heteroatoms. The van der Waals surface area contributed by atoms with Gasteiger partial charge in [-0.1, -0.05) is 0 Å². The van der Waals surface area contributed by atoms with Crippen molar-refractivity contribution in [3.05, 3.63) is 39.7 Å². The predicted octanol–water partition coefficient (Wildman–Crippen LogP) is 2.19. The molecule has 96 valence electrons. The Morgan fingerprint density at radius 3 is 2.78 bits per heavy atom. The summed E-state index contributed by atoms with van der Waals surface area (Å²) in [6.07, 6.45) is 0.669. The predicted molar refractivity (Wildman–Crippen MR) is 63.2 cm³/mol. The number of likely N-dealkylation sites (tertiary alicyclic amines) is 1. The van der Waals surface area contributed by atoms with Gasteiger partial charge >= 0.3 is 0 Å². The van der Waals surface area contributed by atoms with E-state index in [9.17, 15) is 19.3 Å². The summed E-state index contributed by atoms with van der Waals surface area (Å²) in [6, 6.07) is 3.00. The molecule has 1 saturated heterocycles. The molecule has 0 radical (unpaired) electrons. The Morgan fingerprint density at radius 1 is 1.56 bits per heavy atom. The van der Waals surface area contributed by atoms with E-state index in [0.717, 1.165) is 18.2 Å². The Morgan fingerprint density at radius 2 is 2.28 bits per heavy atom. The van der Waals surface area contributed by atoms with Crippen molar-refractivity contribution in [1.29, 1.82) is 0 Å². The number of halogens is 2. The van der Waals surface area contributed by atoms with Crippen LogP contribution >= 0.6 is 11.6 Å². The van der Waals surface area contributed by atoms with E-state index in [1.807, 2.05) is 0 Å². The number of benzene rings is 1. The van der Waals surface area contributed by atoms with Crippen LogP contribution < -0.4 is 0 Å². The number of amides is 1. The summed E-state index contributed by atoms with van der Waals surface area (Å²) in [5.74, 6) is -1.36. The van der Waals surface area contributed by atoms with Crippen molar-refractivity contribution in [1.82, 2.24) is 4.90 Å². The van der Waals surface area contributed by atoms with Crippen LogP contribution in [0.5, 0.6) is 0 Å². The van der Waals surface area contributed by atoms with Gasteiger partial charge in [0.05, 0.1) is 21.9 Å². The smallest absolute Gasteiger partial charge is 0.272 e. The van der Waals surface area contributed by atoms with Crippen molar-refractivity contribution in [2.45, 2.75) is 11.8 Å². The molecule has 1 atom stereocenters. The molecule has 1 aromatic carbocycles. The van der Waals surface area contributed by atoms with Crippen LogP contribution in [0.2, 0.25) is 0 Å². The highest BCUT2D eigenvalue weighted by Gasteiger charge is 2.27. The first-order valence-electron chi connectivity index (χ1n) is 5.36. The Bertz CT molecular complexity index is 509. The van der Waals surface area contributed by atoms with E-state index in [-0.39, 0.29) is 16.6 Å². The maximum Gasteiger partial charge on any atom is 0.272 e. The standard InChI is InChI=1S/C11H10ClFN2O3/c12-7-3-4-14(6-7)11(16)9-2-1-8(15(17)18)5-10(9)13/h1-2,5,7H,3-4,6H2. The monoisotopic (exact) mass is 272 g/mol. The molecule has 0 N–H and O–H groups in total. The third kappa shape index (κ3) is 2.43. The maximum atomic E-state index is 13.6. The van der Waals surface area contributed by atoms with Crippen molar-refractivity contribution in [3.63, 3.8) is 0 Å². The molecule has 1 aromatic rings. The van der Waals surface area contributed by atoms with Crippen LogP contribution in [0, 0.1) is 15.9 Å². The molecular weight excluding hydrogens is 263 g/mol. The first kappa shape index (κ1) is 12.8. The van der Waals surface area contributed by atoms with Crippen molar-refractivity contribution in [2.75, 3.05) is 13.1 Å². The van der Waals surface area contributed by atoms with Gasteiger partial charge in [-0.3, -0.25) is 14.9 Å². The summed E-state index contributed by atoms with van der Waals surface area (Å²) in [5.41, 5.74) is -0.535. The van der Waals surface area contributed by atoms with Gasteiger partial charge in [0.25, 0.3) is 11.6 Å². The lowest BCUT2D eigenvalue weighted by Crippen LogP contribution is -2.29. The van der Waals surface area contributed by atoms with Gasteiger partial charge in [0.15, 0.2) is 0 Å². The second kappa shape index (κ2) is 4.89. The van der Waals surface area contributed by atoms with E-state index in [0.29, 0.717) is 19.5 Å². The summed E-state index contributed by atoms with van der Waals surface area (Å²) < 4.78 is 13.6. The van der Waals surface area contributed by atoms with Gasteiger partial charge in [-0.2, -0.15) is 0 Å². The Hall–Kier alpha value is -1.69. The van der Waals surface area contributed by atoms with Gasteiger partial charge in [-0.15, -0.1) is 11.6 Å². The van der Waals surface area contributed by atoms with Gasteiger partial charge in [0, 0.05) is 19.2 Å². The molecule has 1 amide bonds. The first-order chi connectivity index (χ1) is 8.49. The number of hydrogen-bond acceptors (Lipinski definition) is 3. The Balaban J connectivity index is 2.23. The lowest BCUT2D eigenvalue weighted by atomic mass is 10.1. The largest absolute Gasteiger partial charge is 0.337 e. The average molecular weight is 273 g/mol. The number of rotatable bonds is 2. The van der Waals surface area contributed by atoms with E-state index < -0.39 is 16.6 Å². The summed E-state index contributed by atoms with van der Waals surface area (Å²) >= 11 is 5.87. The summed E-state index contributed by atoms with van der Waals surface area (Å²) in [4.78, 5) is 23.2. The Kier molecular flexibility index (Phi) is 3.47. The van der Waals surface area contributed by atoms with Gasteiger partial charge in [-0.05, 0) is 12.5 Å². The fraction of sp³-hybridized carbons (Fsp3) is 0.364. The second-order valence-corrected chi connectivity index (χ2v) is 4.68. The highest BCUT2D eigenvalue weighted by molar-refractivity contribution is 6.21. The number of alkyl halides is 1. The molecule has 1 aliphatic rings. The van der Waals surface area contributed by atoms with Crippen LogP contribution in [0.4, 0.5) is 10.1 Å². The summed E-state index contributed by atoms with van der Waals surface area (Å²) in [5, 5.41) is 10.3. The van der Waals surface area contributed by atoms with Crippen LogP contribution in [0.1, 0.15) is 16.8 Å². The van der Waals surface area contributed by atoms with Crippen LogP contribution in [-0.4, -0.2) is 34.2 Å². The fourth-order valence-corrected chi connectivity index (χ4v) is 2.13. The highest BCUT2D eigenvalue weighted by atomic mass is 35.5. The molecule has 0 bridgehead atoms. The summed E-state index contributed by atoms with van der Waals surface area (Å²) in [6.45, 7) is 0.847. The van der Waals surface area contributed by atoms with Crippen LogP contribution in [0.3, 0.4) is 0 Å². The molecule has 0 spiro atoms. The number of nitrogens with zero attached hydrogens (tertiary/aromatic N) is 2. The molecule has 2 rings (SSSR count). The molecule has 1 unspecified atom stereocenters. The van der Waals surface area contributed by atoms with Gasteiger partial charge < -0.3 is 4.90 Å². The third-order valence-electron chi connectivity index (χ3n) is 2.81. The minimum atomic E-state index is -0.882. The van der Waals surface area contributed by atoms with Gasteiger partial charge in [-0.25, -0.2) is 4.39 Å². The zero-order valence-corrected chi connectivity index (χ0v) is 10.1. The van der Waals surface area contributed by atoms with Crippen LogP contribution in [0.15, 0.2) is 18.2 Å². The van der Waals surface area contributed by atoms with Gasteiger partial charge in [0.1, 0.15) is 5.82 Å². The molecule has 18 heavy (non-hydrogen) atoms. The number of carbonyl (C=O) groups is 1. The summed E-state index contributed by atoms with van der Waals surface area (Å²) in [7, 11) is 0. The van der Waals surface area contributed by atoms with E-state index in [1.165, 1.54) is 4.90 Å². The Labute approximate surface area is 107 Å². The SMILES string of the molecule is O=C(c1ccc([N+](=O)[O-])cc1F)N1CCC(Cl)C1. The normalized spacial score (nSPS) is 19.0. The van der Waals surface area contributed by atoms with Crippen molar-refractivity contribution < 1.29 is 14.1 Å². The minimum Gasteiger partial charge on any atom is -0.337 e. The van der Waals surface area contributed by atoms with Crippen molar-refractivity contribution >= 4 is 23.2 Å². The lowest BCUT2D eigenvalue weighted by Gasteiger charge is -2.15. The molecule has 1 heterocycles. The zero-order chi connectivity index (χ0) is 13.3. The second-order valence-electron chi connectivity index (χ2n) is 4.06. The highest BCUT2D eigenvalue weighted by Crippen LogP contribution is 2.21. The zero-order valence-electron chi connectivity index (χ0n) is 9.31. The van der Waals surface area contributed by atoms with Crippen LogP contribution in [-0.2, 0) is 0 Å². The quantitative estimate of drug-likeness (QED) is 0.471. The lowest BCUT2D eigenvalue weighted by molar-refractivity contribution is -0.385. The molecule has 1 fully saturated rings. The van der Waals surface area contributed by atoms with Crippen molar-refractivity contribution in [2.24, 2.45) is 0 Å². The average Bonchev–Trinajstić information content (AvgIpc) is 2.74. The number of hydrogen-bond donors (Lipinski definition) is 0. The minimum absolute atomic E-state index is 0.116. The molecule has 5 nitrogen and oxygen atoms in total. The third-order valence-corrected chi connectivity index (χ3v) is 3.17.